The van der Waals surface area contributed by atoms with Gasteiger partial charge < -0.3 is 4.98 Å². The number of rotatable bonds is 4. The van der Waals surface area contributed by atoms with Crippen LogP contribution in [-0.2, 0) is 12.0 Å². The van der Waals surface area contributed by atoms with Crippen molar-refractivity contribution in [1.29, 1.82) is 0 Å². The zero-order chi connectivity index (χ0) is 24.8. The molecule has 1 aliphatic carbocycles. The van der Waals surface area contributed by atoms with Crippen LogP contribution in [0.1, 0.15) is 60.9 Å². The van der Waals surface area contributed by atoms with Gasteiger partial charge in [-0.2, -0.15) is 5.10 Å². The summed E-state index contributed by atoms with van der Waals surface area (Å²) in [7, 11) is 0. The van der Waals surface area contributed by atoms with Crippen LogP contribution in [0.25, 0.3) is 22.3 Å². The van der Waals surface area contributed by atoms with E-state index in [0.29, 0.717) is 11.7 Å². The summed E-state index contributed by atoms with van der Waals surface area (Å²) in [5, 5.41) is 13.0. The minimum atomic E-state index is -0.470. The number of aromatic amines is 2. The Labute approximate surface area is 214 Å². The van der Waals surface area contributed by atoms with E-state index in [1.54, 1.807) is 12.1 Å². The average molecular weight is 493 g/mol. The third kappa shape index (κ3) is 3.68. The number of para-hydroxylation sites is 1. The normalized spacial score (nSPS) is 22.2. The van der Waals surface area contributed by atoms with E-state index in [1.165, 1.54) is 48.0 Å². The van der Waals surface area contributed by atoms with Gasteiger partial charge in [-0.25, -0.2) is 9.37 Å². The minimum absolute atomic E-state index is 0.0858. The molecule has 5 aromatic rings. The molecule has 0 amide bonds. The number of fused-ring (bicyclic) bond motifs is 3. The summed E-state index contributed by atoms with van der Waals surface area (Å²) in [5.74, 6) is 1.48. The molecule has 0 saturated heterocycles. The van der Waals surface area contributed by atoms with Gasteiger partial charge in [0.15, 0.2) is 5.82 Å². The standard InChI is InChI=1S/C30H29FN6/c31-21-15-13-19(14-16-21)28-34-29(37-36-28)25-18-23-22-10-4-5-11-24(22)33-27(23)30(35-25,20-8-2-1-3-9-20)26-12-6-7-17-32-26/h4-7,10-17,20,25,33,35H,1-3,8-9,18H2,(H,34,36,37)/t25-,30?/m1/s1. The van der Waals surface area contributed by atoms with E-state index >= 15 is 0 Å². The van der Waals surface area contributed by atoms with Gasteiger partial charge in [0.2, 0.25) is 0 Å². The molecule has 0 spiro atoms. The molecule has 6 nitrogen and oxygen atoms in total. The van der Waals surface area contributed by atoms with E-state index in [1.807, 2.05) is 12.3 Å². The second-order valence-corrected chi connectivity index (χ2v) is 10.3. The largest absolute Gasteiger partial charge is 0.356 e. The summed E-state index contributed by atoms with van der Waals surface area (Å²) in [6, 6.07) is 21.0. The predicted octanol–water partition coefficient (Wildman–Crippen LogP) is 6.20. The number of hydrogen-bond donors (Lipinski definition) is 3. The Kier molecular flexibility index (Phi) is 5.39. The van der Waals surface area contributed by atoms with E-state index < -0.39 is 5.54 Å². The van der Waals surface area contributed by atoms with E-state index in [0.717, 1.165) is 41.9 Å². The highest BCUT2D eigenvalue weighted by Gasteiger charge is 2.50. The molecule has 3 aromatic heterocycles. The van der Waals surface area contributed by atoms with Gasteiger partial charge in [-0.1, -0.05) is 43.5 Å². The van der Waals surface area contributed by atoms with E-state index in [4.69, 9.17) is 9.97 Å². The van der Waals surface area contributed by atoms with Crippen molar-refractivity contribution >= 4 is 10.9 Å². The summed E-state index contributed by atoms with van der Waals surface area (Å²) in [6.45, 7) is 0. The summed E-state index contributed by atoms with van der Waals surface area (Å²) in [6.07, 6.45) is 8.68. The van der Waals surface area contributed by atoms with Crippen LogP contribution < -0.4 is 5.32 Å². The van der Waals surface area contributed by atoms with Gasteiger partial charge in [-0.15, -0.1) is 0 Å². The van der Waals surface area contributed by atoms with Crippen molar-refractivity contribution in [2.75, 3.05) is 0 Å². The Morgan fingerprint density at radius 1 is 0.892 bits per heavy atom. The first-order chi connectivity index (χ1) is 18.2. The molecular formula is C30H29FN6. The first-order valence-corrected chi connectivity index (χ1v) is 13.2. The number of halogens is 1. The molecule has 1 fully saturated rings. The van der Waals surface area contributed by atoms with Crippen molar-refractivity contribution in [3.63, 3.8) is 0 Å². The molecule has 7 heteroatoms. The molecule has 37 heavy (non-hydrogen) atoms. The van der Waals surface area contributed by atoms with Gasteiger partial charge in [-0.05, 0) is 73.2 Å². The summed E-state index contributed by atoms with van der Waals surface area (Å²) in [5.41, 5.74) is 5.05. The highest BCUT2D eigenvalue weighted by molar-refractivity contribution is 5.86. The van der Waals surface area contributed by atoms with Crippen molar-refractivity contribution < 1.29 is 4.39 Å². The molecule has 7 rings (SSSR count). The number of nitrogens with one attached hydrogen (secondary N) is 3. The number of pyridine rings is 1. The van der Waals surface area contributed by atoms with Gasteiger partial charge in [0.25, 0.3) is 0 Å². The molecular weight excluding hydrogens is 463 g/mol. The summed E-state index contributed by atoms with van der Waals surface area (Å²) >= 11 is 0. The van der Waals surface area contributed by atoms with E-state index in [-0.39, 0.29) is 11.9 Å². The number of aromatic nitrogens is 5. The fraction of sp³-hybridized carbons (Fsp3) is 0.300. The van der Waals surface area contributed by atoms with Crippen LogP contribution in [0.4, 0.5) is 4.39 Å². The zero-order valence-electron chi connectivity index (χ0n) is 20.5. The van der Waals surface area contributed by atoms with Crippen molar-refractivity contribution in [2.24, 2.45) is 5.92 Å². The maximum atomic E-state index is 13.5. The van der Waals surface area contributed by atoms with E-state index in [9.17, 15) is 4.39 Å². The monoisotopic (exact) mass is 492 g/mol. The molecule has 2 atom stereocenters. The maximum Gasteiger partial charge on any atom is 0.181 e. The quantitative estimate of drug-likeness (QED) is 0.279. The van der Waals surface area contributed by atoms with Gasteiger partial charge in [0.05, 0.1) is 11.7 Å². The lowest BCUT2D eigenvalue weighted by Crippen LogP contribution is -2.55. The fourth-order valence-electron chi connectivity index (χ4n) is 6.54. The number of hydrogen-bond acceptors (Lipinski definition) is 4. The number of H-pyrrole nitrogens is 2. The molecule has 3 N–H and O–H groups in total. The lowest BCUT2D eigenvalue weighted by molar-refractivity contribution is 0.157. The fourth-order valence-corrected chi connectivity index (χ4v) is 6.54. The predicted molar refractivity (Wildman–Crippen MR) is 141 cm³/mol. The topological polar surface area (TPSA) is 82.3 Å². The smallest absolute Gasteiger partial charge is 0.181 e. The highest BCUT2D eigenvalue weighted by atomic mass is 19.1. The maximum absolute atomic E-state index is 13.5. The van der Waals surface area contributed by atoms with Crippen LogP contribution in [0.3, 0.4) is 0 Å². The van der Waals surface area contributed by atoms with Gasteiger partial charge in [0, 0.05) is 28.4 Å². The Morgan fingerprint density at radius 2 is 1.70 bits per heavy atom. The molecule has 0 bridgehead atoms. The Bertz CT molecular complexity index is 1530. The van der Waals surface area contributed by atoms with Crippen LogP contribution in [0, 0.1) is 11.7 Å². The van der Waals surface area contributed by atoms with Crippen LogP contribution in [0.5, 0.6) is 0 Å². The summed E-state index contributed by atoms with van der Waals surface area (Å²) in [4.78, 5) is 13.7. The van der Waals surface area contributed by atoms with Crippen LogP contribution in [0.2, 0.25) is 0 Å². The molecule has 1 saturated carbocycles. The average Bonchev–Trinajstić information content (AvgIpc) is 3.60. The number of nitrogens with zero attached hydrogens (tertiary/aromatic N) is 3. The molecule has 1 unspecified atom stereocenters. The highest BCUT2D eigenvalue weighted by Crippen LogP contribution is 2.50. The second kappa shape index (κ2) is 8.92. The molecule has 4 heterocycles. The third-order valence-corrected chi connectivity index (χ3v) is 8.24. The molecule has 1 aliphatic heterocycles. The Hall–Kier alpha value is -3.84. The Balaban J connectivity index is 1.40. The second-order valence-electron chi connectivity index (χ2n) is 10.3. The van der Waals surface area contributed by atoms with Gasteiger partial charge >= 0.3 is 0 Å². The first-order valence-electron chi connectivity index (χ1n) is 13.2. The van der Waals surface area contributed by atoms with E-state index in [2.05, 4.69) is 56.9 Å². The summed E-state index contributed by atoms with van der Waals surface area (Å²) < 4.78 is 13.5. The zero-order valence-corrected chi connectivity index (χ0v) is 20.5. The first kappa shape index (κ1) is 22.4. The lowest BCUT2D eigenvalue weighted by atomic mass is 9.67. The lowest BCUT2D eigenvalue weighted by Gasteiger charge is -2.47. The minimum Gasteiger partial charge on any atom is -0.356 e. The number of benzene rings is 2. The van der Waals surface area contributed by atoms with Crippen molar-refractivity contribution in [3.8, 4) is 11.4 Å². The molecule has 2 aliphatic rings. The van der Waals surface area contributed by atoms with Gasteiger partial charge in [0.1, 0.15) is 17.2 Å². The third-order valence-electron chi connectivity index (χ3n) is 8.24. The van der Waals surface area contributed by atoms with Gasteiger partial charge in [-0.3, -0.25) is 15.4 Å². The molecule has 0 radical (unpaired) electrons. The SMILES string of the molecule is Fc1ccc(-c2n[nH]c([C@H]3Cc4c([nH]c5ccccc45)C(c4ccccn4)(C4CCCCC4)N3)n2)cc1. The van der Waals surface area contributed by atoms with Crippen molar-refractivity contribution in [2.45, 2.75) is 50.1 Å². The van der Waals surface area contributed by atoms with Crippen molar-refractivity contribution in [3.05, 3.63) is 102 Å². The molecule has 2 aromatic carbocycles. The Morgan fingerprint density at radius 3 is 2.51 bits per heavy atom. The van der Waals surface area contributed by atoms with Crippen molar-refractivity contribution in [1.82, 2.24) is 30.5 Å². The van der Waals surface area contributed by atoms with Crippen LogP contribution >= 0.6 is 0 Å². The molecule has 186 valence electrons. The van der Waals surface area contributed by atoms with Crippen LogP contribution in [-0.4, -0.2) is 25.1 Å². The van der Waals surface area contributed by atoms with Crippen LogP contribution in [0.15, 0.2) is 72.9 Å².